The number of ether oxygens (including phenoxy) is 3. The van der Waals surface area contributed by atoms with E-state index in [0.717, 1.165) is 11.1 Å². The van der Waals surface area contributed by atoms with Crippen LogP contribution in [-0.4, -0.2) is 25.0 Å². The molecule has 0 unspecified atom stereocenters. The second-order valence-corrected chi connectivity index (χ2v) is 8.58. The minimum Gasteiger partial charge on any atom is -0.489 e. The molecule has 0 spiro atoms. The van der Waals surface area contributed by atoms with Gasteiger partial charge in [-0.2, -0.15) is 0 Å². The zero-order chi connectivity index (χ0) is 26.7. The normalized spacial score (nSPS) is 11.3. The summed E-state index contributed by atoms with van der Waals surface area (Å²) in [5.41, 5.74) is 2.69. The van der Waals surface area contributed by atoms with Gasteiger partial charge in [-0.1, -0.05) is 60.7 Å². The molecule has 4 aromatic rings. The number of carbonyl (C=O) groups excluding carboxylic acids is 2. The first-order chi connectivity index (χ1) is 18.5. The predicted molar refractivity (Wildman–Crippen MR) is 141 cm³/mol. The Hall–Kier alpha value is -4.65. The third-order valence-corrected chi connectivity index (χ3v) is 5.87. The molecule has 0 saturated heterocycles. The number of rotatable bonds is 11. The van der Waals surface area contributed by atoms with E-state index >= 15 is 0 Å². The van der Waals surface area contributed by atoms with Crippen molar-refractivity contribution in [3.8, 4) is 11.5 Å². The topological polar surface area (TPSA) is 73.9 Å². The van der Waals surface area contributed by atoms with Crippen molar-refractivity contribution in [2.24, 2.45) is 0 Å². The number of hydrogen-bond acceptors (Lipinski definition) is 5. The summed E-state index contributed by atoms with van der Waals surface area (Å²) in [5, 5.41) is 2.74. The van der Waals surface area contributed by atoms with Crippen molar-refractivity contribution < 1.29 is 28.2 Å². The summed E-state index contributed by atoms with van der Waals surface area (Å²) >= 11 is 0. The molecule has 4 aromatic carbocycles. The van der Waals surface area contributed by atoms with Gasteiger partial charge in [0.25, 0.3) is 5.91 Å². The second-order valence-electron chi connectivity index (χ2n) is 8.58. The van der Waals surface area contributed by atoms with E-state index in [4.69, 9.17) is 14.2 Å². The molecular formula is C31H28FNO5. The maximum atomic E-state index is 13.8. The molecule has 1 amide bonds. The van der Waals surface area contributed by atoms with Gasteiger partial charge in [0.2, 0.25) is 0 Å². The number of amides is 1. The Balaban J connectivity index is 1.33. The van der Waals surface area contributed by atoms with Crippen molar-refractivity contribution in [2.75, 3.05) is 7.11 Å². The average molecular weight is 514 g/mol. The third kappa shape index (κ3) is 7.43. The Morgan fingerprint density at radius 2 is 1.34 bits per heavy atom. The van der Waals surface area contributed by atoms with Gasteiger partial charge in [0.05, 0.1) is 7.11 Å². The molecule has 1 N–H and O–H groups in total. The van der Waals surface area contributed by atoms with Crippen molar-refractivity contribution in [1.29, 1.82) is 0 Å². The smallest absolute Gasteiger partial charge is 0.328 e. The van der Waals surface area contributed by atoms with E-state index in [1.165, 1.54) is 13.2 Å². The van der Waals surface area contributed by atoms with E-state index in [9.17, 15) is 14.0 Å². The molecule has 0 aliphatic rings. The van der Waals surface area contributed by atoms with E-state index in [1.54, 1.807) is 42.5 Å². The van der Waals surface area contributed by atoms with Gasteiger partial charge in [-0.25, -0.2) is 9.18 Å². The summed E-state index contributed by atoms with van der Waals surface area (Å²) in [6, 6.07) is 29.1. The molecule has 0 radical (unpaired) electrons. The Labute approximate surface area is 221 Å². The molecule has 0 fully saturated rings. The molecule has 4 rings (SSSR count). The van der Waals surface area contributed by atoms with Crippen molar-refractivity contribution in [3.05, 3.63) is 131 Å². The minimum atomic E-state index is -0.874. The third-order valence-electron chi connectivity index (χ3n) is 5.87. The quantitative estimate of drug-likeness (QED) is 0.268. The van der Waals surface area contributed by atoms with Gasteiger partial charge >= 0.3 is 5.97 Å². The summed E-state index contributed by atoms with van der Waals surface area (Å²) in [5.74, 6) is -0.124. The zero-order valence-electron chi connectivity index (χ0n) is 20.9. The van der Waals surface area contributed by atoms with Crippen LogP contribution in [0.15, 0.2) is 103 Å². The van der Waals surface area contributed by atoms with E-state index < -0.39 is 17.9 Å². The lowest BCUT2D eigenvalue weighted by atomic mass is 10.0. The summed E-state index contributed by atoms with van der Waals surface area (Å²) in [6.45, 7) is 0.521. The van der Waals surface area contributed by atoms with E-state index in [0.29, 0.717) is 29.2 Å². The molecule has 0 aliphatic heterocycles. The Morgan fingerprint density at radius 3 is 2.00 bits per heavy atom. The molecule has 6 nitrogen and oxygen atoms in total. The first-order valence-electron chi connectivity index (χ1n) is 12.1. The molecule has 194 valence electrons. The zero-order valence-corrected chi connectivity index (χ0v) is 20.9. The minimum absolute atomic E-state index is 0.0682. The van der Waals surface area contributed by atoms with Gasteiger partial charge in [0, 0.05) is 17.5 Å². The molecule has 0 aromatic heterocycles. The highest BCUT2D eigenvalue weighted by Crippen LogP contribution is 2.18. The highest BCUT2D eigenvalue weighted by Gasteiger charge is 2.23. The lowest BCUT2D eigenvalue weighted by molar-refractivity contribution is -0.142. The van der Waals surface area contributed by atoms with Crippen LogP contribution >= 0.6 is 0 Å². The molecule has 0 bridgehead atoms. The number of esters is 1. The summed E-state index contributed by atoms with van der Waals surface area (Å²) in [4.78, 5) is 25.2. The number of carbonyl (C=O) groups is 2. The van der Waals surface area contributed by atoms with Crippen molar-refractivity contribution in [3.63, 3.8) is 0 Å². The monoisotopic (exact) mass is 513 g/mol. The molecular weight excluding hydrogens is 485 g/mol. The largest absolute Gasteiger partial charge is 0.489 e. The average Bonchev–Trinajstić information content (AvgIpc) is 2.96. The van der Waals surface area contributed by atoms with Crippen LogP contribution < -0.4 is 14.8 Å². The Kier molecular flexibility index (Phi) is 9.07. The standard InChI is InChI=1S/C31H28FNO5/c1-36-31(35)29(19-22-11-15-26(16-12-22)37-20-23-7-3-2-4-8-23)33-30(34)24-13-17-27(18-14-24)38-21-25-9-5-6-10-28(25)32/h2-18,29H,19-21H2,1H3,(H,33,34)/t29-/m0/s1. The maximum Gasteiger partial charge on any atom is 0.328 e. The molecule has 0 saturated carbocycles. The maximum absolute atomic E-state index is 13.8. The number of benzene rings is 4. The van der Waals surface area contributed by atoms with Crippen LogP contribution in [0.25, 0.3) is 0 Å². The van der Waals surface area contributed by atoms with Crippen molar-refractivity contribution in [1.82, 2.24) is 5.32 Å². The van der Waals surface area contributed by atoms with Gasteiger partial charge in [0.1, 0.15) is 36.6 Å². The van der Waals surface area contributed by atoms with Crippen LogP contribution in [0, 0.1) is 5.82 Å². The Morgan fingerprint density at radius 1 is 0.737 bits per heavy atom. The lowest BCUT2D eigenvalue weighted by Crippen LogP contribution is -2.43. The summed E-state index contributed by atoms with van der Waals surface area (Å²) in [7, 11) is 1.28. The Bertz CT molecular complexity index is 1340. The van der Waals surface area contributed by atoms with E-state index in [-0.39, 0.29) is 18.8 Å². The van der Waals surface area contributed by atoms with Gasteiger partial charge in [-0.15, -0.1) is 0 Å². The summed E-state index contributed by atoms with van der Waals surface area (Å²) < 4.78 is 30.1. The fraction of sp³-hybridized carbons (Fsp3) is 0.161. The van der Waals surface area contributed by atoms with Gasteiger partial charge in [-0.3, -0.25) is 4.79 Å². The highest BCUT2D eigenvalue weighted by molar-refractivity contribution is 5.96. The van der Waals surface area contributed by atoms with Gasteiger partial charge in [0.15, 0.2) is 0 Å². The highest BCUT2D eigenvalue weighted by atomic mass is 19.1. The van der Waals surface area contributed by atoms with Crippen LogP contribution in [0.3, 0.4) is 0 Å². The first-order valence-corrected chi connectivity index (χ1v) is 12.1. The fourth-order valence-corrected chi connectivity index (χ4v) is 3.75. The fourth-order valence-electron chi connectivity index (χ4n) is 3.75. The van der Waals surface area contributed by atoms with Crippen LogP contribution in [0.1, 0.15) is 27.0 Å². The van der Waals surface area contributed by atoms with Crippen LogP contribution in [0.5, 0.6) is 11.5 Å². The van der Waals surface area contributed by atoms with Crippen LogP contribution in [0.2, 0.25) is 0 Å². The van der Waals surface area contributed by atoms with Gasteiger partial charge in [-0.05, 0) is 53.6 Å². The van der Waals surface area contributed by atoms with Crippen LogP contribution in [-0.2, 0) is 29.2 Å². The molecule has 1 atom stereocenters. The van der Waals surface area contributed by atoms with E-state index in [2.05, 4.69) is 5.32 Å². The number of methoxy groups -OCH3 is 1. The van der Waals surface area contributed by atoms with Crippen LogP contribution in [0.4, 0.5) is 4.39 Å². The molecule has 7 heteroatoms. The molecule has 38 heavy (non-hydrogen) atoms. The molecule has 0 aliphatic carbocycles. The summed E-state index contributed by atoms with van der Waals surface area (Å²) in [6.07, 6.45) is 0.251. The SMILES string of the molecule is COC(=O)[C@H](Cc1ccc(OCc2ccccc2)cc1)NC(=O)c1ccc(OCc2ccccc2F)cc1. The first kappa shape index (κ1) is 26.4. The van der Waals surface area contributed by atoms with Gasteiger partial charge < -0.3 is 19.5 Å². The predicted octanol–water partition coefficient (Wildman–Crippen LogP) is 5.50. The number of nitrogens with one attached hydrogen (secondary N) is 1. The molecule has 0 heterocycles. The second kappa shape index (κ2) is 13.1. The lowest BCUT2D eigenvalue weighted by Gasteiger charge is -2.17. The van der Waals surface area contributed by atoms with Crippen molar-refractivity contribution >= 4 is 11.9 Å². The number of halogens is 1. The number of hydrogen-bond donors (Lipinski definition) is 1. The van der Waals surface area contributed by atoms with Crippen molar-refractivity contribution in [2.45, 2.75) is 25.7 Å². The van der Waals surface area contributed by atoms with E-state index in [1.807, 2.05) is 54.6 Å².